The third-order valence-electron chi connectivity index (χ3n) is 5.15. The van der Waals surface area contributed by atoms with Gasteiger partial charge in [0, 0.05) is 46.1 Å². The number of aromatic nitrogens is 2. The van der Waals surface area contributed by atoms with Crippen molar-refractivity contribution in [2.75, 3.05) is 26.2 Å². The lowest BCUT2D eigenvalue weighted by atomic mass is 10.1. The van der Waals surface area contributed by atoms with Gasteiger partial charge in [0.1, 0.15) is 5.82 Å². The van der Waals surface area contributed by atoms with E-state index in [9.17, 15) is 9.59 Å². The molecular weight excluding hydrogens is 328 g/mol. The molecule has 1 aromatic heterocycles. The first kappa shape index (κ1) is 18.4. The Labute approximate surface area is 154 Å². The number of carbonyl (C=O) groups is 2. The van der Waals surface area contributed by atoms with Crippen LogP contribution in [0.15, 0.2) is 18.2 Å². The minimum absolute atomic E-state index is 0.0841. The van der Waals surface area contributed by atoms with E-state index >= 15 is 0 Å². The SMILES string of the molecule is CC(=O)N1CCCN(C(=O)Cc2ccc3c(c2)nc(C(C)C)n3C)CC1. The fourth-order valence-corrected chi connectivity index (χ4v) is 3.66. The van der Waals surface area contributed by atoms with Gasteiger partial charge < -0.3 is 14.4 Å². The maximum Gasteiger partial charge on any atom is 0.227 e. The number of hydrogen-bond donors (Lipinski definition) is 0. The number of aryl methyl sites for hydroxylation is 1. The maximum absolute atomic E-state index is 12.7. The molecule has 140 valence electrons. The lowest BCUT2D eigenvalue weighted by molar-refractivity contribution is -0.132. The number of benzene rings is 1. The molecular formula is C20H28N4O2. The second-order valence-electron chi connectivity index (χ2n) is 7.42. The molecule has 0 N–H and O–H groups in total. The van der Waals surface area contributed by atoms with Crippen molar-refractivity contribution in [2.24, 2.45) is 7.05 Å². The second-order valence-corrected chi connectivity index (χ2v) is 7.42. The third-order valence-corrected chi connectivity index (χ3v) is 5.15. The van der Waals surface area contributed by atoms with Gasteiger partial charge in [-0.05, 0) is 24.1 Å². The molecule has 0 atom stereocenters. The van der Waals surface area contributed by atoms with Gasteiger partial charge in [-0.3, -0.25) is 9.59 Å². The van der Waals surface area contributed by atoms with E-state index in [2.05, 4.69) is 24.5 Å². The van der Waals surface area contributed by atoms with Crippen LogP contribution in [0, 0.1) is 0 Å². The van der Waals surface area contributed by atoms with Crippen LogP contribution in [0.25, 0.3) is 11.0 Å². The first-order valence-electron chi connectivity index (χ1n) is 9.35. The van der Waals surface area contributed by atoms with Gasteiger partial charge in [0.2, 0.25) is 11.8 Å². The summed E-state index contributed by atoms with van der Waals surface area (Å²) in [6.45, 7) is 8.54. The van der Waals surface area contributed by atoms with Crippen LogP contribution in [0.5, 0.6) is 0 Å². The number of imidazole rings is 1. The van der Waals surface area contributed by atoms with Crippen molar-refractivity contribution in [1.82, 2.24) is 19.4 Å². The Morgan fingerprint density at radius 2 is 1.81 bits per heavy atom. The summed E-state index contributed by atoms with van der Waals surface area (Å²) in [5, 5.41) is 0. The summed E-state index contributed by atoms with van der Waals surface area (Å²) in [5.41, 5.74) is 3.03. The molecule has 0 unspecified atom stereocenters. The summed E-state index contributed by atoms with van der Waals surface area (Å²) in [7, 11) is 2.04. The topological polar surface area (TPSA) is 58.4 Å². The zero-order valence-corrected chi connectivity index (χ0v) is 16.2. The number of amides is 2. The Balaban J connectivity index is 1.72. The molecule has 1 fully saturated rings. The average Bonchev–Trinajstić information content (AvgIpc) is 2.77. The Kier molecular flexibility index (Phi) is 5.30. The lowest BCUT2D eigenvalue weighted by Gasteiger charge is -2.21. The average molecular weight is 356 g/mol. The molecule has 0 radical (unpaired) electrons. The van der Waals surface area contributed by atoms with Crippen LogP contribution in [0.3, 0.4) is 0 Å². The normalized spacial score (nSPS) is 15.6. The number of hydrogen-bond acceptors (Lipinski definition) is 3. The monoisotopic (exact) mass is 356 g/mol. The van der Waals surface area contributed by atoms with Crippen LogP contribution in [-0.4, -0.2) is 57.3 Å². The van der Waals surface area contributed by atoms with Gasteiger partial charge in [-0.2, -0.15) is 0 Å². The van der Waals surface area contributed by atoms with Crippen LogP contribution < -0.4 is 0 Å². The third kappa shape index (κ3) is 3.74. The van der Waals surface area contributed by atoms with E-state index in [1.165, 1.54) is 0 Å². The van der Waals surface area contributed by atoms with Gasteiger partial charge in [-0.15, -0.1) is 0 Å². The molecule has 2 heterocycles. The largest absolute Gasteiger partial charge is 0.341 e. The van der Waals surface area contributed by atoms with Crippen molar-refractivity contribution in [1.29, 1.82) is 0 Å². The molecule has 0 bridgehead atoms. The Hall–Kier alpha value is -2.37. The van der Waals surface area contributed by atoms with E-state index in [-0.39, 0.29) is 11.8 Å². The summed E-state index contributed by atoms with van der Waals surface area (Å²) in [5.74, 6) is 1.62. The van der Waals surface area contributed by atoms with Crippen molar-refractivity contribution in [3.8, 4) is 0 Å². The van der Waals surface area contributed by atoms with E-state index in [1.54, 1.807) is 6.92 Å². The first-order valence-corrected chi connectivity index (χ1v) is 9.35. The summed E-state index contributed by atoms with van der Waals surface area (Å²) in [6, 6.07) is 6.10. The van der Waals surface area contributed by atoms with Crippen LogP contribution in [0.1, 0.15) is 44.5 Å². The molecule has 1 aliphatic rings. The molecule has 2 aromatic rings. The zero-order chi connectivity index (χ0) is 18.8. The van der Waals surface area contributed by atoms with E-state index in [1.807, 2.05) is 29.0 Å². The summed E-state index contributed by atoms with van der Waals surface area (Å²) < 4.78 is 2.12. The van der Waals surface area contributed by atoms with E-state index in [4.69, 9.17) is 4.98 Å². The molecule has 26 heavy (non-hydrogen) atoms. The highest BCUT2D eigenvalue weighted by Gasteiger charge is 2.20. The fraction of sp³-hybridized carbons (Fsp3) is 0.550. The number of carbonyl (C=O) groups excluding carboxylic acids is 2. The highest BCUT2D eigenvalue weighted by atomic mass is 16.2. The number of fused-ring (bicyclic) bond motifs is 1. The maximum atomic E-state index is 12.7. The molecule has 6 heteroatoms. The quantitative estimate of drug-likeness (QED) is 0.848. The molecule has 2 amide bonds. The highest BCUT2D eigenvalue weighted by Crippen LogP contribution is 2.22. The highest BCUT2D eigenvalue weighted by molar-refractivity contribution is 5.82. The first-order chi connectivity index (χ1) is 12.4. The number of rotatable bonds is 3. The van der Waals surface area contributed by atoms with Crippen LogP contribution in [0.2, 0.25) is 0 Å². The van der Waals surface area contributed by atoms with Gasteiger partial charge in [-0.25, -0.2) is 4.98 Å². The summed E-state index contributed by atoms with van der Waals surface area (Å²) >= 11 is 0. The zero-order valence-electron chi connectivity index (χ0n) is 16.2. The van der Waals surface area contributed by atoms with E-state index in [0.717, 1.165) is 35.4 Å². The second kappa shape index (κ2) is 7.48. The van der Waals surface area contributed by atoms with Crippen molar-refractivity contribution >= 4 is 22.8 Å². The summed E-state index contributed by atoms with van der Waals surface area (Å²) in [6.07, 6.45) is 1.21. The van der Waals surface area contributed by atoms with E-state index in [0.29, 0.717) is 32.0 Å². The van der Waals surface area contributed by atoms with Gasteiger partial charge in [0.15, 0.2) is 0 Å². The minimum Gasteiger partial charge on any atom is -0.341 e. The smallest absolute Gasteiger partial charge is 0.227 e. The minimum atomic E-state index is 0.0841. The van der Waals surface area contributed by atoms with Crippen LogP contribution in [-0.2, 0) is 23.1 Å². The molecule has 3 rings (SSSR count). The molecule has 0 aliphatic carbocycles. The van der Waals surface area contributed by atoms with Crippen molar-refractivity contribution in [3.63, 3.8) is 0 Å². The molecule has 1 aromatic carbocycles. The van der Waals surface area contributed by atoms with Crippen LogP contribution >= 0.6 is 0 Å². The van der Waals surface area contributed by atoms with Crippen LogP contribution in [0.4, 0.5) is 0 Å². The van der Waals surface area contributed by atoms with Gasteiger partial charge in [0.05, 0.1) is 17.5 Å². The molecule has 0 saturated carbocycles. The van der Waals surface area contributed by atoms with Gasteiger partial charge in [0.25, 0.3) is 0 Å². The summed E-state index contributed by atoms with van der Waals surface area (Å²) in [4.78, 5) is 32.7. The lowest BCUT2D eigenvalue weighted by Crippen LogP contribution is -2.37. The van der Waals surface area contributed by atoms with Crippen molar-refractivity contribution in [3.05, 3.63) is 29.6 Å². The predicted molar refractivity (Wildman–Crippen MR) is 102 cm³/mol. The molecule has 1 saturated heterocycles. The predicted octanol–water partition coefficient (Wildman–Crippen LogP) is 2.32. The molecule has 0 spiro atoms. The molecule has 6 nitrogen and oxygen atoms in total. The standard InChI is InChI=1S/C20H28N4O2/c1-14(2)20-21-17-12-16(6-7-18(17)22(20)4)13-19(26)24-9-5-8-23(10-11-24)15(3)25/h6-7,12,14H,5,8-11,13H2,1-4H3. The van der Waals surface area contributed by atoms with E-state index < -0.39 is 0 Å². The number of nitrogens with zero attached hydrogens (tertiary/aromatic N) is 4. The molecule has 1 aliphatic heterocycles. The van der Waals surface area contributed by atoms with Gasteiger partial charge in [-0.1, -0.05) is 19.9 Å². The Bertz CT molecular complexity index is 825. The fourth-order valence-electron chi connectivity index (χ4n) is 3.66. The van der Waals surface area contributed by atoms with Crippen molar-refractivity contribution in [2.45, 2.75) is 39.5 Å². The van der Waals surface area contributed by atoms with Crippen molar-refractivity contribution < 1.29 is 9.59 Å². The Morgan fingerprint density at radius 1 is 1.12 bits per heavy atom. The Morgan fingerprint density at radius 3 is 2.50 bits per heavy atom. The van der Waals surface area contributed by atoms with Gasteiger partial charge >= 0.3 is 0 Å².